The fraction of sp³-hybridized carbons (Fsp3) is 0.111. The van der Waals surface area contributed by atoms with Gasteiger partial charge in [0.2, 0.25) is 0 Å². The van der Waals surface area contributed by atoms with Gasteiger partial charge in [0.05, 0.1) is 0 Å². The van der Waals surface area contributed by atoms with E-state index in [-0.39, 0.29) is 17.5 Å². The molecule has 0 amide bonds. The first kappa shape index (κ1) is 39.9. The molecule has 10 aromatic carbocycles. The molecule has 0 fully saturated rings. The van der Waals surface area contributed by atoms with Crippen LogP contribution in [0.4, 0.5) is 0 Å². The van der Waals surface area contributed by atoms with E-state index in [4.69, 9.17) is 9.47 Å². The Hall–Kier alpha value is -7.62. The summed E-state index contributed by atoms with van der Waals surface area (Å²) >= 11 is 0. The van der Waals surface area contributed by atoms with Gasteiger partial charge >= 0.3 is 0 Å². The summed E-state index contributed by atoms with van der Waals surface area (Å²) in [6.07, 6.45) is 0. The first-order valence-electron chi connectivity index (χ1n) is 23.2. The lowest BCUT2D eigenvalue weighted by atomic mass is 9.34. The van der Waals surface area contributed by atoms with Crippen LogP contribution in [-0.2, 0) is 17.4 Å². The van der Waals surface area contributed by atoms with Crippen molar-refractivity contribution in [2.75, 3.05) is 0 Å². The highest BCUT2D eigenvalue weighted by Gasteiger charge is 2.40. The zero-order chi connectivity index (χ0) is 44.6. The third-order valence-electron chi connectivity index (χ3n) is 14.7. The first-order valence-corrected chi connectivity index (χ1v) is 23.2. The standard InChI is InChI=1S/C63H49BO2/c1-62(2,46-23-10-6-11-24-46)48-31-33-56-54(38-48)64-55-39-49(63(3,4)47-25-12-7-13-26-47)32-34-57(55)66-58-37-44(36-45(40-65-56)61(58)64)42-21-18-22-43(35-42)60-52-29-16-14-27-50(52)59(41-19-8-5-9-20-41)51-28-15-17-30-53(51)60/h5-39H,40H2,1-4H3. The molecule has 0 bridgehead atoms. The van der Waals surface area contributed by atoms with E-state index in [1.807, 2.05) is 0 Å². The third kappa shape index (κ3) is 6.48. The van der Waals surface area contributed by atoms with Crippen molar-refractivity contribution in [2.45, 2.75) is 45.1 Å². The highest BCUT2D eigenvalue weighted by Crippen LogP contribution is 2.45. The molecule has 12 rings (SSSR count). The molecule has 0 unspecified atom stereocenters. The Bertz CT molecular complexity index is 3440. The fourth-order valence-corrected chi connectivity index (χ4v) is 10.9. The SMILES string of the molecule is CC(C)(c1ccccc1)c1ccc2c(c1)B1c3cc(C(C)(C)c4ccccc4)ccc3Oc3cc(-c4cccc(-c5c6ccccc6c(-c6ccccc6)c6ccccc56)c4)cc(c31)CO2. The van der Waals surface area contributed by atoms with Gasteiger partial charge in [0.1, 0.15) is 23.9 Å². The number of rotatable bonds is 7. The largest absolute Gasteiger partial charge is 0.489 e. The van der Waals surface area contributed by atoms with Crippen molar-refractivity contribution in [1.29, 1.82) is 0 Å². The Kier molecular flexibility index (Phi) is 9.40. The average Bonchev–Trinajstić information content (AvgIpc) is 3.53. The molecule has 0 spiro atoms. The molecule has 0 aliphatic carbocycles. The quantitative estimate of drug-likeness (QED) is 0.117. The Morgan fingerprint density at radius 3 is 1.41 bits per heavy atom. The molecule has 0 atom stereocenters. The molecule has 2 aliphatic heterocycles. The van der Waals surface area contributed by atoms with Gasteiger partial charge in [0, 0.05) is 10.8 Å². The molecule has 0 saturated carbocycles. The van der Waals surface area contributed by atoms with E-state index in [2.05, 4.69) is 240 Å². The summed E-state index contributed by atoms with van der Waals surface area (Å²) in [4.78, 5) is 0. The number of benzene rings is 10. The highest BCUT2D eigenvalue weighted by molar-refractivity contribution is 6.97. The van der Waals surface area contributed by atoms with Gasteiger partial charge in [-0.2, -0.15) is 0 Å². The van der Waals surface area contributed by atoms with Crippen molar-refractivity contribution < 1.29 is 9.47 Å². The van der Waals surface area contributed by atoms with Crippen LogP contribution in [0.25, 0.3) is 54.9 Å². The second-order valence-corrected chi connectivity index (χ2v) is 19.1. The molecule has 0 aromatic heterocycles. The minimum atomic E-state index is -0.229. The van der Waals surface area contributed by atoms with Crippen molar-refractivity contribution in [3.8, 4) is 50.6 Å². The van der Waals surface area contributed by atoms with E-state index < -0.39 is 0 Å². The molecule has 0 radical (unpaired) electrons. The molecule has 2 heterocycles. The van der Waals surface area contributed by atoms with Gasteiger partial charge in [0.15, 0.2) is 0 Å². The summed E-state index contributed by atoms with van der Waals surface area (Å²) in [6, 6.07) is 77.6. The Morgan fingerprint density at radius 1 is 0.364 bits per heavy atom. The minimum absolute atomic E-state index is 0.101. The lowest BCUT2D eigenvalue weighted by Gasteiger charge is -2.32. The van der Waals surface area contributed by atoms with Crippen LogP contribution in [0.3, 0.4) is 0 Å². The maximum absolute atomic E-state index is 7.13. The minimum Gasteiger partial charge on any atom is -0.489 e. The number of fused-ring (bicyclic) bond motifs is 6. The Balaban J connectivity index is 1.03. The molecule has 66 heavy (non-hydrogen) atoms. The monoisotopic (exact) mass is 848 g/mol. The zero-order valence-electron chi connectivity index (χ0n) is 37.8. The van der Waals surface area contributed by atoms with Gasteiger partial charge in [-0.25, -0.2) is 0 Å². The predicted octanol–water partition coefficient (Wildman–Crippen LogP) is 14.2. The van der Waals surface area contributed by atoms with E-state index in [9.17, 15) is 0 Å². The van der Waals surface area contributed by atoms with Crippen molar-refractivity contribution in [1.82, 2.24) is 0 Å². The second-order valence-electron chi connectivity index (χ2n) is 19.1. The molecular weight excluding hydrogens is 800 g/mol. The number of hydrogen-bond acceptors (Lipinski definition) is 2. The smallest absolute Gasteiger partial charge is 0.256 e. The topological polar surface area (TPSA) is 18.5 Å². The zero-order valence-corrected chi connectivity index (χ0v) is 37.8. The Morgan fingerprint density at radius 2 is 0.833 bits per heavy atom. The van der Waals surface area contributed by atoms with Crippen LogP contribution in [0.5, 0.6) is 17.2 Å². The molecule has 10 aromatic rings. The van der Waals surface area contributed by atoms with Gasteiger partial charge in [-0.3, -0.25) is 0 Å². The molecule has 2 aliphatic rings. The van der Waals surface area contributed by atoms with Crippen LogP contribution >= 0.6 is 0 Å². The number of ether oxygens (including phenoxy) is 2. The molecular formula is C63H49BO2. The van der Waals surface area contributed by atoms with Crippen LogP contribution < -0.4 is 25.9 Å². The summed E-state index contributed by atoms with van der Waals surface area (Å²) in [7, 11) is 0. The van der Waals surface area contributed by atoms with Gasteiger partial charge in [-0.1, -0.05) is 210 Å². The van der Waals surface area contributed by atoms with E-state index in [0.717, 1.165) is 33.9 Å². The molecule has 0 N–H and O–H groups in total. The van der Waals surface area contributed by atoms with Crippen molar-refractivity contribution in [3.05, 3.63) is 240 Å². The first-order chi connectivity index (χ1) is 32.2. The summed E-state index contributed by atoms with van der Waals surface area (Å²) in [5.41, 5.74) is 16.4. The van der Waals surface area contributed by atoms with Crippen molar-refractivity contribution in [2.24, 2.45) is 0 Å². The maximum atomic E-state index is 7.13. The van der Waals surface area contributed by atoms with Crippen LogP contribution in [0.2, 0.25) is 0 Å². The average molecular weight is 849 g/mol. The molecule has 0 saturated heterocycles. The van der Waals surface area contributed by atoms with Crippen LogP contribution in [0.1, 0.15) is 55.5 Å². The van der Waals surface area contributed by atoms with Gasteiger partial charge < -0.3 is 9.47 Å². The van der Waals surface area contributed by atoms with Crippen LogP contribution in [0.15, 0.2) is 212 Å². The normalized spacial score (nSPS) is 13.0. The lowest BCUT2D eigenvalue weighted by molar-refractivity contribution is 0.310. The third-order valence-corrected chi connectivity index (χ3v) is 14.7. The van der Waals surface area contributed by atoms with Crippen LogP contribution in [0, 0.1) is 0 Å². The lowest BCUT2D eigenvalue weighted by Crippen LogP contribution is -2.56. The molecule has 2 nitrogen and oxygen atoms in total. The van der Waals surface area contributed by atoms with E-state index >= 15 is 0 Å². The summed E-state index contributed by atoms with van der Waals surface area (Å²) in [6.45, 7) is 9.62. The van der Waals surface area contributed by atoms with E-state index in [0.29, 0.717) is 6.61 Å². The van der Waals surface area contributed by atoms with Gasteiger partial charge in [0.25, 0.3) is 6.71 Å². The van der Waals surface area contributed by atoms with Gasteiger partial charge in [-0.05, 0) is 129 Å². The van der Waals surface area contributed by atoms with Gasteiger partial charge in [-0.15, -0.1) is 0 Å². The summed E-state index contributed by atoms with van der Waals surface area (Å²) < 4.78 is 14.0. The fourth-order valence-electron chi connectivity index (χ4n) is 10.9. The summed E-state index contributed by atoms with van der Waals surface area (Å²) in [5, 5.41) is 4.97. The summed E-state index contributed by atoms with van der Waals surface area (Å²) in [5.74, 6) is 2.68. The van der Waals surface area contributed by atoms with Crippen LogP contribution in [-0.4, -0.2) is 6.71 Å². The molecule has 3 heteroatoms. The highest BCUT2D eigenvalue weighted by atomic mass is 16.5. The predicted molar refractivity (Wildman–Crippen MR) is 277 cm³/mol. The van der Waals surface area contributed by atoms with Crippen molar-refractivity contribution >= 4 is 44.6 Å². The Labute approximate surface area is 388 Å². The second kappa shape index (κ2) is 15.5. The van der Waals surface area contributed by atoms with Crippen molar-refractivity contribution in [3.63, 3.8) is 0 Å². The van der Waals surface area contributed by atoms with E-state index in [1.54, 1.807) is 0 Å². The maximum Gasteiger partial charge on any atom is 0.256 e. The van der Waals surface area contributed by atoms with E-state index in [1.165, 1.54) is 82.4 Å². The number of hydrogen-bond donors (Lipinski definition) is 0. The molecule has 316 valence electrons.